The quantitative estimate of drug-likeness (QED) is 0.902. The lowest BCUT2D eigenvalue weighted by Gasteiger charge is -2.31. The Kier molecular flexibility index (Phi) is 4.42. The van der Waals surface area contributed by atoms with E-state index in [0.717, 1.165) is 27.5 Å². The molecule has 0 spiro atoms. The van der Waals surface area contributed by atoms with Crippen LogP contribution < -0.4 is 10.5 Å². The Hall–Kier alpha value is -0.770. The van der Waals surface area contributed by atoms with Crippen LogP contribution in [0.1, 0.15) is 23.6 Å². The van der Waals surface area contributed by atoms with E-state index in [1.165, 1.54) is 0 Å². The molecular weight excluding hydrogens is 238 g/mol. The van der Waals surface area contributed by atoms with E-state index in [0.29, 0.717) is 6.54 Å². The number of nitrogens with two attached hydrogens (primary N) is 1. The molecule has 1 unspecified atom stereocenters. The second-order valence-corrected chi connectivity index (χ2v) is 4.73. The lowest BCUT2D eigenvalue weighted by Crippen LogP contribution is -2.35. The highest BCUT2D eigenvalue weighted by Gasteiger charge is 2.31. The van der Waals surface area contributed by atoms with Crippen LogP contribution in [-0.4, -0.2) is 20.8 Å². The average molecular weight is 258 g/mol. The van der Waals surface area contributed by atoms with Crippen molar-refractivity contribution in [1.29, 1.82) is 0 Å². The Bertz CT molecular complexity index is 414. The fourth-order valence-electron chi connectivity index (χ4n) is 2.03. The SMILES string of the molecule is COc1cc(C)c(Cl)c(C)c1C(C)(CN)OC. The van der Waals surface area contributed by atoms with Crippen LogP contribution in [0.15, 0.2) is 6.07 Å². The fourth-order valence-corrected chi connectivity index (χ4v) is 2.18. The van der Waals surface area contributed by atoms with Crippen molar-refractivity contribution in [3.8, 4) is 5.75 Å². The maximum atomic E-state index is 6.28. The zero-order chi connectivity index (χ0) is 13.2. The van der Waals surface area contributed by atoms with Crippen molar-refractivity contribution in [2.24, 2.45) is 5.73 Å². The molecule has 0 aliphatic heterocycles. The molecule has 0 fully saturated rings. The Morgan fingerprint density at radius 3 is 2.35 bits per heavy atom. The molecule has 3 nitrogen and oxygen atoms in total. The minimum Gasteiger partial charge on any atom is -0.496 e. The zero-order valence-corrected chi connectivity index (χ0v) is 11.8. The number of aryl methyl sites for hydroxylation is 1. The summed E-state index contributed by atoms with van der Waals surface area (Å²) in [5.74, 6) is 0.763. The maximum absolute atomic E-state index is 6.28. The van der Waals surface area contributed by atoms with E-state index in [1.807, 2.05) is 26.8 Å². The standard InChI is InChI=1S/C13H20ClNO2/c1-8-6-10(16-4)11(9(2)12(8)14)13(3,7-15)17-5/h6H,7,15H2,1-5H3. The minimum absolute atomic E-state index is 0.361. The first kappa shape index (κ1) is 14.3. The summed E-state index contributed by atoms with van der Waals surface area (Å²) in [7, 11) is 3.28. The van der Waals surface area contributed by atoms with Crippen LogP contribution in [0, 0.1) is 13.8 Å². The van der Waals surface area contributed by atoms with E-state index in [2.05, 4.69) is 0 Å². The van der Waals surface area contributed by atoms with Crippen molar-refractivity contribution in [3.63, 3.8) is 0 Å². The van der Waals surface area contributed by atoms with Gasteiger partial charge in [0.2, 0.25) is 0 Å². The second-order valence-electron chi connectivity index (χ2n) is 4.35. The van der Waals surface area contributed by atoms with Crippen LogP contribution in [0.2, 0.25) is 5.02 Å². The first-order chi connectivity index (χ1) is 7.91. The van der Waals surface area contributed by atoms with Crippen LogP contribution in [0.3, 0.4) is 0 Å². The molecule has 17 heavy (non-hydrogen) atoms. The normalized spacial score (nSPS) is 14.5. The van der Waals surface area contributed by atoms with Crippen molar-refractivity contribution in [1.82, 2.24) is 0 Å². The van der Waals surface area contributed by atoms with Crippen LogP contribution in [0.4, 0.5) is 0 Å². The van der Waals surface area contributed by atoms with Crippen molar-refractivity contribution < 1.29 is 9.47 Å². The van der Waals surface area contributed by atoms with Gasteiger partial charge in [-0.15, -0.1) is 0 Å². The van der Waals surface area contributed by atoms with Gasteiger partial charge in [0.25, 0.3) is 0 Å². The highest BCUT2D eigenvalue weighted by atomic mass is 35.5. The predicted octanol–water partition coefficient (Wildman–Crippen LogP) is 2.79. The number of hydrogen-bond donors (Lipinski definition) is 1. The van der Waals surface area contributed by atoms with Gasteiger partial charge in [-0.2, -0.15) is 0 Å². The monoisotopic (exact) mass is 257 g/mol. The third kappa shape index (κ3) is 2.41. The smallest absolute Gasteiger partial charge is 0.125 e. The molecule has 1 rings (SSSR count). The topological polar surface area (TPSA) is 44.5 Å². The van der Waals surface area contributed by atoms with Crippen LogP contribution in [-0.2, 0) is 10.3 Å². The molecule has 0 saturated carbocycles. The van der Waals surface area contributed by atoms with Gasteiger partial charge in [0.1, 0.15) is 11.4 Å². The molecular formula is C13H20ClNO2. The molecule has 0 heterocycles. The van der Waals surface area contributed by atoms with Crippen LogP contribution in [0.25, 0.3) is 0 Å². The summed E-state index contributed by atoms with van der Waals surface area (Å²) >= 11 is 6.28. The molecule has 1 aromatic carbocycles. The summed E-state index contributed by atoms with van der Waals surface area (Å²) in [6, 6.07) is 1.91. The second kappa shape index (κ2) is 5.25. The summed E-state index contributed by atoms with van der Waals surface area (Å²) in [4.78, 5) is 0. The largest absolute Gasteiger partial charge is 0.496 e. The summed E-state index contributed by atoms with van der Waals surface area (Å²) in [5.41, 5.74) is 8.08. The van der Waals surface area contributed by atoms with Gasteiger partial charge in [-0.1, -0.05) is 11.6 Å². The molecule has 2 N–H and O–H groups in total. The average Bonchev–Trinajstić information content (AvgIpc) is 2.34. The molecule has 0 saturated heterocycles. The van der Waals surface area contributed by atoms with Gasteiger partial charge in [0, 0.05) is 24.2 Å². The number of ether oxygens (including phenoxy) is 2. The predicted molar refractivity (Wildman–Crippen MR) is 70.9 cm³/mol. The van der Waals surface area contributed by atoms with E-state index in [-0.39, 0.29) is 0 Å². The van der Waals surface area contributed by atoms with Gasteiger partial charge in [-0.05, 0) is 38.0 Å². The molecule has 0 amide bonds. The summed E-state index contributed by atoms with van der Waals surface area (Å²) in [6.45, 7) is 6.21. The minimum atomic E-state index is -0.591. The van der Waals surface area contributed by atoms with Gasteiger partial charge in [0.15, 0.2) is 0 Å². The van der Waals surface area contributed by atoms with Gasteiger partial charge >= 0.3 is 0 Å². The van der Waals surface area contributed by atoms with Crippen molar-refractivity contribution >= 4 is 11.6 Å². The number of methoxy groups -OCH3 is 2. The molecule has 0 aliphatic carbocycles. The van der Waals surface area contributed by atoms with E-state index in [9.17, 15) is 0 Å². The lowest BCUT2D eigenvalue weighted by atomic mass is 9.89. The fraction of sp³-hybridized carbons (Fsp3) is 0.538. The van der Waals surface area contributed by atoms with E-state index in [1.54, 1.807) is 14.2 Å². The number of halogens is 1. The van der Waals surface area contributed by atoms with Gasteiger partial charge < -0.3 is 15.2 Å². The Balaban J connectivity index is 3.56. The first-order valence-corrected chi connectivity index (χ1v) is 5.88. The highest BCUT2D eigenvalue weighted by Crippen LogP contribution is 2.39. The Labute approximate surface area is 108 Å². The molecule has 0 radical (unpaired) electrons. The molecule has 1 atom stereocenters. The highest BCUT2D eigenvalue weighted by molar-refractivity contribution is 6.32. The summed E-state index contributed by atoms with van der Waals surface area (Å²) in [5, 5.41) is 0.734. The third-order valence-electron chi connectivity index (χ3n) is 3.23. The summed E-state index contributed by atoms with van der Waals surface area (Å²) in [6.07, 6.45) is 0. The molecule has 0 aliphatic rings. The maximum Gasteiger partial charge on any atom is 0.125 e. The molecule has 1 aromatic rings. The summed E-state index contributed by atoms with van der Waals surface area (Å²) < 4.78 is 10.9. The first-order valence-electron chi connectivity index (χ1n) is 5.50. The van der Waals surface area contributed by atoms with E-state index < -0.39 is 5.60 Å². The molecule has 4 heteroatoms. The van der Waals surface area contributed by atoms with Gasteiger partial charge in [-0.3, -0.25) is 0 Å². The van der Waals surface area contributed by atoms with Crippen molar-refractivity contribution in [2.45, 2.75) is 26.4 Å². The number of hydrogen-bond acceptors (Lipinski definition) is 3. The van der Waals surface area contributed by atoms with Gasteiger partial charge in [-0.25, -0.2) is 0 Å². The number of rotatable bonds is 4. The molecule has 0 bridgehead atoms. The molecule has 96 valence electrons. The van der Waals surface area contributed by atoms with E-state index >= 15 is 0 Å². The van der Waals surface area contributed by atoms with Crippen molar-refractivity contribution in [3.05, 3.63) is 27.8 Å². The number of benzene rings is 1. The Morgan fingerprint density at radius 2 is 1.94 bits per heavy atom. The molecule has 0 aromatic heterocycles. The van der Waals surface area contributed by atoms with Crippen LogP contribution in [0.5, 0.6) is 5.75 Å². The Morgan fingerprint density at radius 1 is 1.35 bits per heavy atom. The van der Waals surface area contributed by atoms with Gasteiger partial charge in [0.05, 0.1) is 7.11 Å². The van der Waals surface area contributed by atoms with Crippen molar-refractivity contribution in [2.75, 3.05) is 20.8 Å². The zero-order valence-electron chi connectivity index (χ0n) is 11.1. The van der Waals surface area contributed by atoms with Crippen LogP contribution >= 0.6 is 11.6 Å². The van der Waals surface area contributed by atoms with E-state index in [4.69, 9.17) is 26.8 Å². The lowest BCUT2D eigenvalue weighted by molar-refractivity contribution is 0.00769. The third-order valence-corrected chi connectivity index (χ3v) is 3.81.